The van der Waals surface area contributed by atoms with Crippen LogP contribution in [0, 0.1) is 21.4 Å². The van der Waals surface area contributed by atoms with Crippen molar-refractivity contribution in [3.8, 4) is 11.8 Å². The zero-order chi connectivity index (χ0) is 16.7. The number of nitro groups is 1. The Morgan fingerprint density at radius 3 is 2.61 bits per heavy atom. The van der Waals surface area contributed by atoms with Gasteiger partial charge >= 0.3 is 0 Å². The fraction of sp³-hybridized carbons (Fsp3) is 0.278. The smallest absolute Gasteiger partial charge is 0.269 e. The van der Waals surface area contributed by atoms with Crippen molar-refractivity contribution in [1.29, 1.82) is 5.26 Å². The zero-order valence-electron chi connectivity index (χ0n) is 12.9. The molecule has 0 N–H and O–H groups in total. The summed E-state index contributed by atoms with van der Waals surface area (Å²) in [5.41, 5.74) is 2.00. The van der Waals surface area contributed by atoms with Crippen LogP contribution in [-0.4, -0.2) is 11.5 Å². The molecule has 2 aromatic carbocycles. The van der Waals surface area contributed by atoms with Gasteiger partial charge in [-0.15, -0.1) is 0 Å². The maximum Gasteiger partial charge on any atom is 0.269 e. The van der Waals surface area contributed by atoms with Crippen molar-refractivity contribution < 1.29 is 9.66 Å². The Hall–Kier alpha value is -2.87. The fourth-order valence-corrected chi connectivity index (χ4v) is 2.28. The molecular weight excluding hydrogens is 292 g/mol. The number of benzene rings is 2. The molecule has 0 bridgehead atoms. The van der Waals surface area contributed by atoms with E-state index in [-0.39, 0.29) is 11.6 Å². The first-order valence-electron chi connectivity index (χ1n) is 7.49. The number of non-ortho nitro benzene ring substituents is 1. The maximum absolute atomic E-state index is 10.7. The second kappa shape index (κ2) is 7.95. The molecule has 0 radical (unpaired) electrons. The minimum atomic E-state index is -0.449. The van der Waals surface area contributed by atoms with E-state index in [0.29, 0.717) is 13.0 Å². The van der Waals surface area contributed by atoms with Crippen molar-refractivity contribution in [3.05, 3.63) is 69.8 Å². The molecule has 23 heavy (non-hydrogen) atoms. The summed E-state index contributed by atoms with van der Waals surface area (Å²) in [6, 6.07) is 16.2. The van der Waals surface area contributed by atoms with Gasteiger partial charge < -0.3 is 4.74 Å². The number of aryl methyl sites for hydroxylation is 1. The number of nitriles is 1. The van der Waals surface area contributed by atoms with Crippen molar-refractivity contribution in [2.75, 3.05) is 6.61 Å². The van der Waals surface area contributed by atoms with Crippen LogP contribution in [0.2, 0.25) is 0 Å². The molecular formula is C18H18N2O3. The van der Waals surface area contributed by atoms with Crippen molar-refractivity contribution in [1.82, 2.24) is 0 Å². The average Bonchev–Trinajstić information content (AvgIpc) is 2.59. The zero-order valence-corrected chi connectivity index (χ0v) is 12.9. The molecule has 2 rings (SSSR count). The minimum Gasteiger partial charge on any atom is -0.494 e. The third kappa shape index (κ3) is 4.55. The van der Waals surface area contributed by atoms with Crippen molar-refractivity contribution >= 4 is 5.69 Å². The highest BCUT2D eigenvalue weighted by Crippen LogP contribution is 2.22. The normalized spacial score (nSPS) is 11.5. The van der Waals surface area contributed by atoms with Gasteiger partial charge in [0.2, 0.25) is 0 Å². The van der Waals surface area contributed by atoms with Gasteiger partial charge in [0.15, 0.2) is 0 Å². The molecule has 0 aliphatic rings. The van der Waals surface area contributed by atoms with Gasteiger partial charge in [-0.05, 0) is 29.7 Å². The van der Waals surface area contributed by atoms with E-state index in [1.807, 2.05) is 24.3 Å². The van der Waals surface area contributed by atoms with Crippen LogP contribution in [0.15, 0.2) is 48.5 Å². The molecule has 0 aromatic heterocycles. The third-order valence-electron chi connectivity index (χ3n) is 3.64. The van der Waals surface area contributed by atoms with Crippen LogP contribution in [-0.2, 0) is 6.42 Å². The quantitative estimate of drug-likeness (QED) is 0.566. The summed E-state index contributed by atoms with van der Waals surface area (Å²) in [5, 5.41) is 20.0. The van der Waals surface area contributed by atoms with Crippen molar-refractivity contribution in [3.63, 3.8) is 0 Å². The molecule has 0 heterocycles. The molecule has 0 spiro atoms. The summed E-state index contributed by atoms with van der Waals surface area (Å²) >= 11 is 0. The van der Waals surface area contributed by atoms with Gasteiger partial charge in [-0.25, -0.2) is 0 Å². The summed E-state index contributed by atoms with van der Waals surface area (Å²) in [5.74, 6) is 0.454. The highest BCUT2D eigenvalue weighted by molar-refractivity contribution is 5.36. The minimum absolute atomic E-state index is 0.0260. The van der Waals surface area contributed by atoms with E-state index in [0.717, 1.165) is 17.7 Å². The van der Waals surface area contributed by atoms with Crippen LogP contribution < -0.4 is 4.74 Å². The second-order valence-corrected chi connectivity index (χ2v) is 5.17. The van der Waals surface area contributed by atoms with Gasteiger partial charge in [0, 0.05) is 18.6 Å². The first-order valence-corrected chi connectivity index (χ1v) is 7.49. The Morgan fingerprint density at radius 2 is 2.00 bits per heavy atom. The second-order valence-electron chi connectivity index (χ2n) is 5.17. The Labute approximate surface area is 135 Å². The fourth-order valence-electron chi connectivity index (χ4n) is 2.28. The SMILES string of the molecule is CCc1cccc(OCCC(C#N)c2ccc([N+](=O)[O-])cc2)c1. The number of nitrogens with zero attached hydrogens (tertiary/aromatic N) is 2. The highest BCUT2D eigenvalue weighted by Gasteiger charge is 2.13. The largest absolute Gasteiger partial charge is 0.494 e. The van der Waals surface area contributed by atoms with Crippen LogP contribution in [0.5, 0.6) is 5.75 Å². The summed E-state index contributed by atoms with van der Waals surface area (Å²) < 4.78 is 5.70. The lowest BCUT2D eigenvalue weighted by molar-refractivity contribution is -0.384. The molecule has 0 amide bonds. The molecule has 2 aromatic rings. The van der Waals surface area contributed by atoms with Gasteiger partial charge in [0.1, 0.15) is 5.75 Å². The Bertz CT molecular complexity index is 705. The van der Waals surface area contributed by atoms with Crippen molar-refractivity contribution in [2.24, 2.45) is 0 Å². The van der Waals surface area contributed by atoms with E-state index in [4.69, 9.17) is 4.74 Å². The predicted molar refractivity (Wildman–Crippen MR) is 87.4 cm³/mol. The topological polar surface area (TPSA) is 76.2 Å². The van der Waals surface area contributed by atoms with E-state index >= 15 is 0 Å². The van der Waals surface area contributed by atoms with Crippen LogP contribution in [0.1, 0.15) is 30.4 Å². The molecule has 1 atom stereocenters. The third-order valence-corrected chi connectivity index (χ3v) is 3.64. The van der Waals surface area contributed by atoms with Crippen LogP contribution in [0.3, 0.4) is 0 Å². The van der Waals surface area contributed by atoms with Gasteiger partial charge in [0.05, 0.1) is 23.5 Å². The van der Waals surface area contributed by atoms with Gasteiger partial charge in [-0.2, -0.15) is 5.26 Å². The molecule has 0 saturated carbocycles. The van der Waals surface area contributed by atoms with Gasteiger partial charge in [0.25, 0.3) is 5.69 Å². The van der Waals surface area contributed by atoms with Crippen LogP contribution in [0.4, 0.5) is 5.69 Å². The van der Waals surface area contributed by atoms with Gasteiger partial charge in [-0.1, -0.05) is 31.2 Å². The van der Waals surface area contributed by atoms with Gasteiger partial charge in [-0.3, -0.25) is 10.1 Å². The highest BCUT2D eigenvalue weighted by atomic mass is 16.6. The molecule has 0 aliphatic heterocycles. The van der Waals surface area contributed by atoms with E-state index < -0.39 is 4.92 Å². The number of rotatable bonds is 7. The van der Waals surface area contributed by atoms with E-state index in [2.05, 4.69) is 13.0 Å². The van der Waals surface area contributed by atoms with E-state index in [1.165, 1.54) is 17.7 Å². The molecule has 5 nitrogen and oxygen atoms in total. The Balaban J connectivity index is 1.94. The number of hydrogen-bond acceptors (Lipinski definition) is 4. The molecule has 1 unspecified atom stereocenters. The van der Waals surface area contributed by atoms with E-state index in [1.54, 1.807) is 12.1 Å². The van der Waals surface area contributed by atoms with E-state index in [9.17, 15) is 15.4 Å². The lowest BCUT2D eigenvalue weighted by Crippen LogP contribution is -2.05. The van der Waals surface area contributed by atoms with Crippen LogP contribution in [0.25, 0.3) is 0 Å². The average molecular weight is 310 g/mol. The summed E-state index contributed by atoms with van der Waals surface area (Å²) in [7, 11) is 0. The Kier molecular flexibility index (Phi) is 5.70. The molecule has 5 heteroatoms. The number of nitro benzene ring substituents is 1. The summed E-state index contributed by atoms with van der Waals surface area (Å²) in [4.78, 5) is 10.2. The molecule has 0 aliphatic carbocycles. The van der Waals surface area contributed by atoms with Crippen molar-refractivity contribution in [2.45, 2.75) is 25.7 Å². The number of hydrogen-bond donors (Lipinski definition) is 0. The standard InChI is InChI=1S/C18H18N2O3/c1-2-14-4-3-5-18(12-14)23-11-10-16(13-19)15-6-8-17(9-7-15)20(21)22/h3-9,12,16H,2,10-11H2,1H3. The molecule has 0 saturated heterocycles. The first kappa shape index (κ1) is 16.5. The molecule has 0 fully saturated rings. The monoisotopic (exact) mass is 310 g/mol. The first-order chi connectivity index (χ1) is 11.1. The summed E-state index contributed by atoms with van der Waals surface area (Å²) in [6.45, 7) is 2.50. The maximum atomic E-state index is 10.7. The number of ether oxygens (including phenoxy) is 1. The predicted octanol–water partition coefficient (Wildman–Crippen LogP) is 4.23. The van der Waals surface area contributed by atoms with Crippen LogP contribution >= 0.6 is 0 Å². The lowest BCUT2D eigenvalue weighted by Gasteiger charge is -2.11. The Morgan fingerprint density at radius 1 is 1.26 bits per heavy atom. The lowest BCUT2D eigenvalue weighted by atomic mass is 9.97. The summed E-state index contributed by atoms with van der Waals surface area (Å²) in [6.07, 6.45) is 1.48. The molecule has 118 valence electrons.